The van der Waals surface area contributed by atoms with Crippen LogP contribution in [0.4, 0.5) is 4.79 Å². The lowest BCUT2D eigenvalue weighted by Crippen LogP contribution is -2.44. The fraction of sp³-hybridized carbons (Fsp3) is 0.533. The lowest BCUT2D eigenvalue weighted by molar-refractivity contribution is 0.238. The van der Waals surface area contributed by atoms with Crippen molar-refractivity contribution in [1.82, 2.24) is 10.7 Å². The van der Waals surface area contributed by atoms with E-state index in [1.54, 1.807) is 0 Å². The number of nitrogens with one attached hydrogen (secondary N) is 2. The standard InChI is InChI=1S/C15H25N3O/c1-14(2,3)11-6-8-12(9-7-11)15(4,5)10-17-13(19)18-16/h6-9H,10,16H2,1-5H3,(H2,17,18,19). The molecule has 1 rings (SSSR count). The molecule has 0 aliphatic rings. The van der Waals surface area contributed by atoms with Gasteiger partial charge in [0.05, 0.1) is 0 Å². The molecule has 0 radical (unpaired) electrons. The van der Waals surface area contributed by atoms with Crippen LogP contribution < -0.4 is 16.6 Å². The molecule has 1 aromatic carbocycles. The Labute approximate surface area is 115 Å². The summed E-state index contributed by atoms with van der Waals surface area (Å²) < 4.78 is 0. The third-order valence-electron chi connectivity index (χ3n) is 3.35. The molecule has 4 heteroatoms. The van der Waals surface area contributed by atoms with Gasteiger partial charge in [0, 0.05) is 12.0 Å². The van der Waals surface area contributed by atoms with Crippen molar-refractivity contribution >= 4 is 6.03 Å². The zero-order valence-electron chi connectivity index (χ0n) is 12.5. The van der Waals surface area contributed by atoms with Crippen molar-refractivity contribution in [3.05, 3.63) is 35.4 Å². The van der Waals surface area contributed by atoms with E-state index in [1.807, 2.05) is 0 Å². The Morgan fingerprint density at radius 3 is 1.95 bits per heavy atom. The summed E-state index contributed by atoms with van der Waals surface area (Å²) in [6.07, 6.45) is 0. The molecule has 0 bridgehead atoms. The van der Waals surface area contributed by atoms with E-state index in [1.165, 1.54) is 11.1 Å². The number of nitrogens with two attached hydrogens (primary N) is 1. The molecule has 0 saturated carbocycles. The van der Waals surface area contributed by atoms with Crippen molar-refractivity contribution in [2.45, 2.75) is 45.4 Å². The van der Waals surface area contributed by atoms with Gasteiger partial charge in [0.2, 0.25) is 0 Å². The lowest BCUT2D eigenvalue weighted by atomic mass is 9.81. The average Bonchev–Trinajstić information content (AvgIpc) is 2.35. The Bertz CT molecular complexity index is 430. The normalized spacial score (nSPS) is 12.1. The Morgan fingerprint density at radius 1 is 1.05 bits per heavy atom. The molecule has 1 aromatic rings. The van der Waals surface area contributed by atoms with Crippen LogP contribution in [0.25, 0.3) is 0 Å². The second-order valence-corrected chi connectivity index (χ2v) is 6.54. The monoisotopic (exact) mass is 263 g/mol. The lowest BCUT2D eigenvalue weighted by Gasteiger charge is -2.27. The zero-order chi connectivity index (χ0) is 14.7. The van der Waals surface area contributed by atoms with E-state index in [0.29, 0.717) is 6.54 Å². The average molecular weight is 263 g/mol. The molecule has 0 atom stereocenters. The van der Waals surface area contributed by atoms with Crippen LogP contribution in [0.5, 0.6) is 0 Å². The van der Waals surface area contributed by atoms with Gasteiger partial charge in [-0.05, 0) is 16.5 Å². The van der Waals surface area contributed by atoms with E-state index in [4.69, 9.17) is 5.84 Å². The highest BCUT2D eigenvalue weighted by atomic mass is 16.2. The van der Waals surface area contributed by atoms with E-state index < -0.39 is 0 Å². The molecule has 4 N–H and O–H groups in total. The molecule has 0 unspecified atom stereocenters. The number of carbonyl (C=O) groups excluding carboxylic acids is 1. The van der Waals surface area contributed by atoms with Crippen molar-refractivity contribution in [3.63, 3.8) is 0 Å². The smallest absolute Gasteiger partial charge is 0.328 e. The fourth-order valence-corrected chi connectivity index (χ4v) is 1.88. The zero-order valence-corrected chi connectivity index (χ0v) is 12.5. The minimum Gasteiger partial charge on any atom is -0.336 e. The molecule has 4 nitrogen and oxygen atoms in total. The van der Waals surface area contributed by atoms with Crippen LogP contribution >= 0.6 is 0 Å². The Hall–Kier alpha value is -1.55. The van der Waals surface area contributed by atoms with Gasteiger partial charge >= 0.3 is 6.03 Å². The van der Waals surface area contributed by atoms with Crippen molar-refractivity contribution in [2.75, 3.05) is 6.54 Å². The first-order chi connectivity index (χ1) is 8.66. The number of benzene rings is 1. The van der Waals surface area contributed by atoms with E-state index in [9.17, 15) is 4.79 Å². The molecule has 0 aromatic heterocycles. The molecule has 0 fully saturated rings. The van der Waals surface area contributed by atoms with Crippen LogP contribution in [0.15, 0.2) is 24.3 Å². The summed E-state index contributed by atoms with van der Waals surface area (Å²) >= 11 is 0. The summed E-state index contributed by atoms with van der Waals surface area (Å²) in [6.45, 7) is 11.3. The number of amides is 2. The molecule has 2 amide bonds. The molecular formula is C15H25N3O. The molecule has 0 heterocycles. The quantitative estimate of drug-likeness (QED) is 0.445. The SMILES string of the molecule is CC(C)(C)c1ccc(C(C)(C)CNC(=O)NN)cc1. The van der Waals surface area contributed by atoms with Crippen LogP contribution in [0.2, 0.25) is 0 Å². The summed E-state index contributed by atoms with van der Waals surface area (Å²) in [5, 5.41) is 2.74. The molecule has 0 aliphatic carbocycles. The summed E-state index contributed by atoms with van der Waals surface area (Å²) in [7, 11) is 0. The van der Waals surface area contributed by atoms with Gasteiger partial charge in [-0.1, -0.05) is 58.9 Å². The van der Waals surface area contributed by atoms with Gasteiger partial charge in [-0.2, -0.15) is 0 Å². The van der Waals surface area contributed by atoms with E-state index in [2.05, 4.69) is 69.6 Å². The maximum Gasteiger partial charge on any atom is 0.328 e. The molecule has 19 heavy (non-hydrogen) atoms. The minimum atomic E-state index is -0.362. The van der Waals surface area contributed by atoms with Crippen LogP contribution in [0.3, 0.4) is 0 Å². The molecule has 0 aliphatic heterocycles. The fourth-order valence-electron chi connectivity index (χ4n) is 1.88. The first kappa shape index (κ1) is 15.5. The van der Waals surface area contributed by atoms with Crippen molar-refractivity contribution < 1.29 is 4.79 Å². The van der Waals surface area contributed by atoms with Gasteiger partial charge in [0.1, 0.15) is 0 Å². The Kier molecular flexibility index (Phi) is 4.58. The Balaban J connectivity index is 2.81. The predicted octanol–water partition coefficient (Wildman–Crippen LogP) is 2.43. The van der Waals surface area contributed by atoms with Crippen LogP contribution in [-0.2, 0) is 10.8 Å². The second-order valence-electron chi connectivity index (χ2n) is 6.54. The van der Waals surface area contributed by atoms with Gasteiger partial charge in [0.25, 0.3) is 0 Å². The third kappa shape index (κ3) is 4.24. The second kappa shape index (κ2) is 5.61. The molecule has 0 saturated heterocycles. The van der Waals surface area contributed by atoms with Gasteiger partial charge in [0.15, 0.2) is 0 Å². The van der Waals surface area contributed by atoms with Crippen molar-refractivity contribution in [1.29, 1.82) is 0 Å². The van der Waals surface area contributed by atoms with Gasteiger partial charge < -0.3 is 5.32 Å². The number of carbonyl (C=O) groups is 1. The maximum atomic E-state index is 11.1. The van der Waals surface area contributed by atoms with E-state index in [0.717, 1.165) is 0 Å². The largest absolute Gasteiger partial charge is 0.336 e. The predicted molar refractivity (Wildman–Crippen MR) is 78.9 cm³/mol. The van der Waals surface area contributed by atoms with E-state index in [-0.39, 0.29) is 16.9 Å². The Morgan fingerprint density at radius 2 is 1.53 bits per heavy atom. The summed E-state index contributed by atoms with van der Waals surface area (Å²) in [6, 6.07) is 8.20. The first-order valence-corrected chi connectivity index (χ1v) is 6.52. The number of urea groups is 1. The summed E-state index contributed by atoms with van der Waals surface area (Å²) in [5.74, 6) is 5.05. The molecule has 106 valence electrons. The van der Waals surface area contributed by atoms with Crippen LogP contribution in [0.1, 0.15) is 45.7 Å². The maximum absolute atomic E-state index is 11.1. The van der Waals surface area contributed by atoms with E-state index >= 15 is 0 Å². The number of rotatable bonds is 3. The van der Waals surface area contributed by atoms with Gasteiger partial charge in [-0.15, -0.1) is 0 Å². The van der Waals surface area contributed by atoms with Crippen LogP contribution in [0, 0.1) is 0 Å². The van der Waals surface area contributed by atoms with Gasteiger partial charge in [-0.3, -0.25) is 5.43 Å². The molecular weight excluding hydrogens is 238 g/mol. The number of hydrazine groups is 1. The highest BCUT2D eigenvalue weighted by molar-refractivity contribution is 5.73. The topological polar surface area (TPSA) is 67.2 Å². The number of hydrogen-bond acceptors (Lipinski definition) is 2. The summed E-state index contributed by atoms with van der Waals surface area (Å²) in [4.78, 5) is 11.1. The first-order valence-electron chi connectivity index (χ1n) is 6.52. The van der Waals surface area contributed by atoms with Crippen molar-refractivity contribution in [3.8, 4) is 0 Å². The van der Waals surface area contributed by atoms with Crippen molar-refractivity contribution in [2.24, 2.45) is 5.84 Å². The van der Waals surface area contributed by atoms with Crippen LogP contribution in [-0.4, -0.2) is 12.6 Å². The highest BCUT2D eigenvalue weighted by Gasteiger charge is 2.22. The third-order valence-corrected chi connectivity index (χ3v) is 3.35. The van der Waals surface area contributed by atoms with Gasteiger partial charge in [-0.25, -0.2) is 10.6 Å². The number of hydrogen-bond donors (Lipinski definition) is 3. The summed E-state index contributed by atoms with van der Waals surface area (Å²) in [5.41, 5.74) is 4.58. The highest BCUT2D eigenvalue weighted by Crippen LogP contribution is 2.27. The molecule has 0 spiro atoms. The minimum absolute atomic E-state index is 0.136.